The normalized spacial score (nSPS) is 10.1. The Labute approximate surface area is 111 Å². The van der Waals surface area contributed by atoms with Crippen LogP contribution in [0, 0.1) is 0 Å². The highest BCUT2D eigenvalue weighted by Crippen LogP contribution is 2.14. The van der Waals surface area contributed by atoms with Crippen molar-refractivity contribution in [3.8, 4) is 0 Å². The number of halogens is 1. The molecule has 0 bridgehead atoms. The number of anilines is 1. The molecular formula is C13H18INO. The molecule has 0 heterocycles. The van der Waals surface area contributed by atoms with Crippen LogP contribution in [0.25, 0.3) is 0 Å². The van der Waals surface area contributed by atoms with Gasteiger partial charge in [0.2, 0.25) is 5.91 Å². The molecule has 1 amide bonds. The molecule has 0 unspecified atom stereocenters. The number of benzene rings is 1. The largest absolute Gasteiger partial charge is 0.313 e. The summed E-state index contributed by atoms with van der Waals surface area (Å²) in [5.74, 6) is 0.126. The highest BCUT2D eigenvalue weighted by atomic mass is 127. The first-order valence-corrected chi connectivity index (χ1v) is 7.17. The van der Waals surface area contributed by atoms with Crippen molar-refractivity contribution >= 4 is 34.2 Å². The summed E-state index contributed by atoms with van der Waals surface area (Å²) in [6.45, 7) is 2.46. The average Bonchev–Trinajstić information content (AvgIpc) is 2.30. The summed E-state index contributed by atoms with van der Waals surface area (Å²) < 4.78 is 1.20. The van der Waals surface area contributed by atoms with E-state index in [0.717, 1.165) is 18.7 Å². The predicted octanol–water partition coefficient (Wildman–Crippen LogP) is 3.64. The molecule has 0 atom stereocenters. The molecule has 16 heavy (non-hydrogen) atoms. The van der Waals surface area contributed by atoms with Gasteiger partial charge < -0.3 is 4.90 Å². The molecule has 1 aromatic carbocycles. The van der Waals surface area contributed by atoms with Crippen LogP contribution in [-0.4, -0.2) is 16.9 Å². The van der Waals surface area contributed by atoms with E-state index in [1.807, 2.05) is 35.2 Å². The maximum atomic E-state index is 11.5. The van der Waals surface area contributed by atoms with E-state index >= 15 is 0 Å². The third-order valence-corrected chi connectivity index (χ3v) is 3.23. The third kappa shape index (κ3) is 4.51. The minimum atomic E-state index is 0.126. The van der Waals surface area contributed by atoms with Crippen molar-refractivity contribution in [2.24, 2.45) is 0 Å². The lowest BCUT2D eigenvalue weighted by Gasteiger charge is -2.20. The molecule has 1 aromatic rings. The monoisotopic (exact) mass is 331 g/mol. The van der Waals surface area contributed by atoms with E-state index in [9.17, 15) is 4.79 Å². The minimum Gasteiger partial charge on any atom is -0.313 e. The van der Waals surface area contributed by atoms with Gasteiger partial charge in [0.15, 0.2) is 0 Å². The molecule has 0 saturated heterocycles. The van der Waals surface area contributed by atoms with Crippen LogP contribution < -0.4 is 4.90 Å². The maximum absolute atomic E-state index is 11.5. The minimum absolute atomic E-state index is 0.126. The molecule has 0 aromatic heterocycles. The Kier molecular flexibility index (Phi) is 6.45. The summed E-state index contributed by atoms with van der Waals surface area (Å²) in [5, 5.41) is 0. The van der Waals surface area contributed by atoms with Crippen molar-refractivity contribution in [1.82, 2.24) is 0 Å². The topological polar surface area (TPSA) is 20.3 Å². The van der Waals surface area contributed by atoms with Gasteiger partial charge in [0, 0.05) is 19.2 Å². The second-order valence-corrected chi connectivity index (χ2v) is 4.83. The first-order chi connectivity index (χ1) is 7.75. The first kappa shape index (κ1) is 13.5. The summed E-state index contributed by atoms with van der Waals surface area (Å²) in [6, 6.07) is 9.88. The van der Waals surface area contributed by atoms with Crippen LogP contribution in [0.3, 0.4) is 0 Å². The van der Waals surface area contributed by atoms with E-state index < -0.39 is 0 Å². The number of nitrogens with zero attached hydrogens (tertiary/aromatic N) is 1. The second-order valence-electron chi connectivity index (χ2n) is 3.76. The smallest absolute Gasteiger partial charge is 0.223 e. The predicted molar refractivity (Wildman–Crippen MR) is 77.2 cm³/mol. The van der Waals surface area contributed by atoms with Crippen LogP contribution in [0.4, 0.5) is 5.69 Å². The standard InChI is InChI=1S/C13H18INO/c1-12(16)15(11-7-3-6-10-14)13-8-4-2-5-9-13/h2,4-5,8-9H,3,6-7,10-11H2,1H3. The van der Waals surface area contributed by atoms with Gasteiger partial charge in [0.1, 0.15) is 0 Å². The van der Waals surface area contributed by atoms with Crippen molar-refractivity contribution in [3.63, 3.8) is 0 Å². The molecule has 88 valence electrons. The van der Waals surface area contributed by atoms with E-state index in [0.29, 0.717) is 0 Å². The molecular weight excluding hydrogens is 313 g/mol. The van der Waals surface area contributed by atoms with Crippen LogP contribution in [0.5, 0.6) is 0 Å². The Morgan fingerprint density at radius 1 is 1.19 bits per heavy atom. The van der Waals surface area contributed by atoms with Crippen molar-refractivity contribution in [2.75, 3.05) is 15.9 Å². The molecule has 0 radical (unpaired) electrons. The zero-order chi connectivity index (χ0) is 11.8. The summed E-state index contributed by atoms with van der Waals surface area (Å²) >= 11 is 2.39. The Balaban J connectivity index is 2.52. The van der Waals surface area contributed by atoms with Crippen LogP contribution in [-0.2, 0) is 4.79 Å². The van der Waals surface area contributed by atoms with Crippen molar-refractivity contribution in [1.29, 1.82) is 0 Å². The number of carbonyl (C=O) groups excluding carboxylic acids is 1. The molecule has 0 N–H and O–H groups in total. The molecule has 0 aliphatic heterocycles. The lowest BCUT2D eigenvalue weighted by Crippen LogP contribution is -2.29. The summed E-state index contributed by atoms with van der Waals surface area (Å²) in [7, 11) is 0. The number of carbonyl (C=O) groups is 1. The zero-order valence-corrected chi connectivity index (χ0v) is 11.8. The fourth-order valence-corrected chi connectivity index (χ4v) is 2.16. The van der Waals surface area contributed by atoms with E-state index in [2.05, 4.69) is 22.6 Å². The highest BCUT2D eigenvalue weighted by Gasteiger charge is 2.09. The van der Waals surface area contributed by atoms with E-state index in [-0.39, 0.29) is 5.91 Å². The molecule has 0 fully saturated rings. The molecule has 2 nitrogen and oxygen atoms in total. The van der Waals surface area contributed by atoms with Gasteiger partial charge in [-0.25, -0.2) is 0 Å². The molecule has 0 saturated carbocycles. The van der Waals surface area contributed by atoms with Gasteiger partial charge in [-0.1, -0.05) is 47.2 Å². The number of hydrogen-bond donors (Lipinski definition) is 0. The van der Waals surface area contributed by atoms with Gasteiger partial charge in [-0.2, -0.15) is 0 Å². The second kappa shape index (κ2) is 7.65. The van der Waals surface area contributed by atoms with Crippen LogP contribution in [0.2, 0.25) is 0 Å². The Morgan fingerprint density at radius 3 is 2.44 bits per heavy atom. The van der Waals surface area contributed by atoms with Gasteiger partial charge in [-0.05, 0) is 29.4 Å². The quantitative estimate of drug-likeness (QED) is 0.443. The van der Waals surface area contributed by atoms with Crippen LogP contribution >= 0.6 is 22.6 Å². The molecule has 0 spiro atoms. The van der Waals surface area contributed by atoms with Gasteiger partial charge in [0.05, 0.1) is 0 Å². The third-order valence-electron chi connectivity index (χ3n) is 2.46. The van der Waals surface area contributed by atoms with Gasteiger partial charge in [-0.15, -0.1) is 0 Å². The number of alkyl halides is 1. The van der Waals surface area contributed by atoms with Crippen LogP contribution in [0.1, 0.15) is 26.2 Å². The number of para-hydroxylation sites is 1. The average molecular weight is 331 g/mol. The SMILES string of the molecule is CC(=O)N(CCCCCI)c1ccccc1. The summed E-state index contributed by atoms with van der Waals surface area (Å²) in [6.07, 6.45) is 3.51. The molecule has 1 rings (SSSR count). The molecule has 0 aliphatic rings. The van der Waals surface area contributed by atoms with E-state index in [4.69, 9.17) is 0 Å². The molecule has 3 heteroatoms. The van der Waals surface area contributed by atoms with E-state index in [1.165, 1.54) is 17.3 Å². The summed E-state index contributed by atoms with van der Waals surface area (Å²) in [4.78, 5) is 13.4. The van der Waals surface area contributed by atoms with Crippen molar-refractivity contribution in [3.05, 3.63) is 30.3 Å². The number of amides is 1. The van der Waals surface area contributed by atoms with Gasteiger partial charge in [0.25, 0.3) is 0 Å². The first-order valence-electron chi connectivity index (χ1n) is 5.65. The lowest BCUT2D eigenvalue weighted by atomic mass is 10.2. The number of rotatable bonds is 6. The van der Waals surface area contributed by atoms with Crippen LogP contribution in [0.15, 0.2) is 30.3 Å². The fourth-order valence-electron chi connectivity index (χ4n) is 1.62. The summed E-state index contributed by atoms with van der Waals surface area (Å²) in [5.41, 5.74) is 1.00. The maximum Gasteiger partial charge on any atom is 0.223 e. The van der Waals surface area contributed by atoms with Crippen molar-refractivity contribution < 1.29 is 4.79 Å². The lowest BCUT2D eigenvalue weighted by molar-refractivity contribution is -0.116. The molecule has 0 aliphatic carbocycles. The Morgan fingerprint density at radius 2 is 1.88 bits per heavy atom. The number of unbranched alkanes of at least 4 members (excludes halogenated alkanes) is 2. The van der Waals surface area contributed by atoms with Crippen molar-refractivity contribution in [2.45, 2.75) is 26.2 Å². The van der Waals surface area contributed by atoms with E-state index in [1.54, 1.807) is 6.92 Å². The Bertz CT molecular complexity index is 313. The zero-order valence-electron chi connectivity index (χ0n) is 9.66. The number of hydrogen-bond acceptors (Lipinski definition) is 1. The van der Waals surface area contributed by atoms with Gasteiger partial charge >= 0.3 is 0 Å². The Hall–Kier alpha value is -0.580. The highest BCUT2D eigenvalue weighted by molar-refractivity contribution is 14.1. The van der Waals surface area contributed by atoms with Gasteiger partial charge in [-0.3, -0.25) is 4.79 Å². The fraction of sp³-hybridized carbons (Fsp3) is 0.462.